The summed E-state index contributed by atoms with van der Waals surface area (Å²) in [6, 6.07) is 45.2. The van der Waals surface area contributed by atoms with E-state index in [1.54, 1.807) is 18.8 Å². The average molecular weight is 641 g/mol. The summed E-state index contributed by atoms with van der Waals surface area (Å²) in [5, 5.41) is 2.37. The molecule has 0 spiro atoms. The molecule has 0 aliphatic heterocycles. The first kappa shape index (κ1) is 23.8. The molecule has 0 N–H and O–H groups in total. The first-order valence-electron chi connectivity index (χ1n) is 10.8. The summed E-state index contributed by atoms with van der Waals surface area (Å²) in [4.78, 5) is 9.29. The summed E-state index contributed by atoms with van der Waals surface area (Å²) in [7, 11) is 4.61. The summed E-state index contributed by atoms with van der Waals surface area (Å²) < 4.78 is 0. The van der Waals surface area contributed by atoms with Gasteiger partial charge in [-0.2, -0.15) is 0 Å². The van der Waals surface area contributed by atoms with Crippen LogP contribution in [-0.2, 0) is 18.8 Å². The van der Waals surface area contributed by atoms with Gasteiger partial charge in [-0.15, -0.1) is 0 Å². The van der Waals surface area contributed by atoms with E-state index < -0.39 is 0 Å². The summed E-state index contributed by atoms with van der Waals surface area (Å²) in [6.07, 6.45) is 0. The zero-order valence-corrected chi connectivity index (χ0v) is 21.3. The summed E-state index contributed by atoms with van der Waals surface area (Å²) in [5.41, 5.74) is 6.47. The number of halogens is 1. The van der Waals surface area contributed by atoms with E-state index >= 15 is 0 Å². The smallest absolute Gasteiger partial charge is 0.0709 e. The fourth-order valence-electron chi connectivity index (χ4n) is 3.67. The van der Waals surface area contributed by atoms with Crippen LogP contribution in [0.5, 0.6) is 0 Å². The molecule has 6 rings (SSSR count). The quantitative estimate of drug-likeness (QED) is 0.190. The Morgan fingerprint density at radius 2 is 0.735 bits per heavy atom. The van der Waals surface area contributed by atoms with Crippen LogP contribution in [0.3, 0.4) is 0 Å². The van der Waals surface area contributed by atoms with Crippen LogP contribution in [0.1, 0.15) is 0 Å². The predicted molar refractivity (Wildman–Crippen MR) is 140 cm³/mol. The molecule has 0 aliphatic rings. The van der Waals surface area contributed by atoms with Crippen molar-refractivity contribution >= 4 is 31.2 Å². The normalized spacial score (nSPS) is 10.1. The molecule has 2 nitrogen and oxygen atoms in total. The Hall–Kier alpha value is -3.32. The molecule has 0 atom stereocenters. The van der Waals surface area contributed by atoms with Gasteiger partial charge in [0.05, 0.1) is 22.4 Å². The number of rotatable bonds is 2. The third-order valence-corrected chi connectivity index (χ3v) is 5.34. The van der Waals surface area contributed by atoms with Crippen molar-refractivity contribution in [3.63, 3.8) is 0 Å². The maximum absolute atomic E-state index is 4.65. The number of aromatic nitrogens is 2. The van der Waals surface area contributed by atoms with E-state index in [1.807, 2.05) is 72.8 Å². The topological polar surface area (TPSA) is 25.8 Å². The number of pyridine rings is 2. The minimum atomic E-state index is 1.03. The van der Waals surface area contributed by atoms with Crippen molar-refractivity contribution in [2.45, 2.75) is 0 Å². The van der Waals surface area contributed by atoms with Crippen LogP contribution in [-0.4, -0.2) is 9.97 Å². The van der Waals surface area contributed by atoms with Crippen LogP contribution in [0, 0.1) is 0 Å². The van der Waals surface area contributed by atoms with Crippen molar-refractivity contribution in [2.24, 2.45) is 0 Å². The molecular weight excluding hydrogens is 619 g/mol. The molecule has 169 valence electrons. The number of hydrogen-bond acceptors (Lipinski definition) is 2. The maximum atomic E-state index is 4.65. The van der Waals surface area contributed by atoms with Crippen molar-refractivity contribution in [3.05, 3.63) is 133 Å². The molecule has 0 aliphatic carbocycles. The molecule has 4 aromatic carbocycles. The average Bonchev–Trinajstić information content (AvgIpc) is 2.95. The molecule has 6 aromatic rings. The van der Waals surface area contributed by atoms with Crippen LogP contribution >= 0.6 is 9.42 Å². The zero-order valence-electron chi connectivity index (χ0n) is 18.3. The molecule has 0 radical (unpaired) electrons. The second-order valence-electron chi connectivity index (χ2n) is 7.51. The molecule has 0 amide bonds. The number of nitrogens with zero attached hydrogens (tertiary/aromatic N) is 2. The Balaban J connectivity index is 0.000000150. The van der Waals surface area contributed by atoms with E-state index in [1.165, 1.54) is 10.8 Å². The van der Waals surface area contributed by atoms with Crippen molar-refractivity contribution in [2.75, 3.05) is 0 Å². The van der Waals surface area contributed by atoms with Gasteiger partial charge in [-0.1, -0.05) is 109 Å². The third-order valence-electron chi connectivity index (χ3n) is 5.34. The SMILES string of the molecule is [Cl][Pt].c1ccc(-c2ccc3ccccc3n2)cc1.c1ccc(-c2ccc3ccccc3n2)cc1. The fraction of sp³-hybridized carbons (Fsp3) is 0. The van der Waals surface area contributed by atoms with Gasteiger partial charge in [-0.25, -0.2) is 9.97 Å². The second kappa shape index (κ2) is 12.2. The van der Waals surface area contributed by atoms with Crippen LogP contribution in [0.4, 0.5) is 0 Å². The number of para-hydroxylation sites is 2. The maximum Gasteiger partial charge on any atom is 0.0709 e. The molecule has 0 bridgehead atoms. The molecular formula is C30H22ClN2Pt. The van der Waals surface area contributed by atoms with Crippen molar-refractivity contribution in [1.82, 2.24) is 9.97 Å². The Labute approximate surface area is 215 Å². The Morgan fingerprint density at radius 1 is 0.382 bits per heavy atom. The standard InChI is InChI=1S/2C15H11N.ClH.Pt/c2*1-2-6-12(7-3-1)15-11-10-13-8-4-5-9-14(13)16-15;;/h2*1-11H;1H;/q;;;+1/p-1. The third kappa shape index (κ3) is 5.97. The Morgan fingerprint density at radius 3 is 1.15 bits per heavy atom. The van der Waals surface area contributed by atoms with E-state index in [4.69, 9.17) is 0 Å². The van der Waals surface area contributed by atoms with Crippen LogP contribution < -0.4 is 0 Å². The summed E-state index contributed by atoms with van der Waals surface area (Å²) >= 11 is 1.61. The zero-order chi connectivity index (χ0) is 23.6. The Bertz CT molecular complexity index is 1360. The minimum Gasteiger partial charge on any atom is -0.248 e. The van der Waals surface area contributed by atoms with E-state index in [9.17, 15) is 0 Å². The monoisotopic (exact) mass is 640 g/mol. The first-order chi connectivity index (χ1) is 16.9. The molecule has 0 fully saturated rings. The van der Waals surface area contributed by atoms with Crippen molar-refractivity contribution < 1.29 is 18.8 Å². The molecule has 0 saturated carbocycles. The van der Waals surface area contributed by atoms with Gasteiger partial charge >= 0.3 is 28.2 Å². The fourth-order valence-corrected chi connectivity index (χ4v) is 3.67. The second-order valence-corrected chi connectivity index (χ2v) is 7.51. The Kier molecular flexibility index (Phi) is 8.57. The molecule has 34 heavy (non-hydrogen) atoms. The summed E-state index contributed by atoms with van der Waals surface area (Å²) in [6.45, 7) is 0. The van der Waals surface area contributed by atoms with Gasteiger partial charge in [-0.3, -0.25) is 0 Å². The molecule has 4 heteroatoms. The minimum absolute atomic E-state index is 1.03. The predicted octanol–water partition coefficient (Wildman–Crippen LogP) is 8.49. The van der Waals surface area contributed by atoms with Crippen molar-refractivity contribution in [3.8, 4) is 22.5 Å². The van der Waals surface area contributed by atoms with Gasteiger partial charge in [0, 0.05) is 21.9 Å². The van der Waals surface area contributed by atoms with Crippen LogP contribution in [0.15, 0.2) is 133 Å². The number of fused-ring (bicyclic) bond motifs is 2. The van der Waals surface area contributed by atoms with E-state index in [2.05, 4.69) is 80.0 Å². The van der Waals surface area contributed by atoms with Crippen molar-refractivity contribution in [1.29, 1.82) is 0 Å². The molecule has 0 saturated heterocycles. The van der Waals surface area contributed by atoms with Gasteiger partial charge < -0.3 is 0 Å². The van der Waals surface area contributed by atoms with Gasteiger partial charge in [0.2, 0.25) is 0 Å². The van der Waals surface area contributed by atoms with E-state index in [0.29, 0.717) is 0 Å². The van der Waals surface area contributed by atoms with Crippen LogP contribution in [0.2, 0.25) is 0 Å². The van der Waals surface area contributed by atoms with Gasteiger partial charge in [0.25, 0.3) is 0 Å². The largest absolute Gasteiger partial charge is 0.248 e. The number of benzene rings is 4. The first-order valence-corrected chi connectivity index (χ1v) is 13.6. The van der Waals surface area contributed by atoms with E-state index in [0.717, 1.165) is 33.5 Å². The van der Waals surface area contributed by atoms with Gasteiger partial charge in [-0.05, 0) is 24.3 Å². The van der Waals surface area contributed by atoms with E-state index in [-0.39, 0.29) is 0 Å². The van der Waals surface area contributed by atoms with Gasteiger partial charge in [0.1, 0.15) is 0 Å². The number of hydrogen-bond donors (Lipinski definition) is 0. The van der Waals surface area contributed by atoms with Crippen LogP contribution in [0.25, 0.3) is 44.3 Å². The molecule has 0 unspecified atom stereocenters. The summed E-state index contributed by atoms with van der Waals surface area (Å²) in [5.74, 6) is 0. The molecule has 2 heterocycles. The molecule has 2 aromatic heterocycles. The van der Waals surface area contributed by atoms with Gasteiger partial charge in [0.15, 0.2) is 0 Å².